The second-order valence-corrected chi connectivity index (χ2v) is 5.77. The van der Waals surface area contributed by atoms with Crippen molar-refractivity contribution in [3.63, 3.8) is 0 Å². The summed E-state index contributed by atoms with van der Waals surface area (Å²) >= 11 is 0. The molecule has 4 nitrogen and oxygen atoms in total. The number of benzene rings is 1. The third kappa shape index (κ3) is 3.31. The van der Waals surface area contributed by atoms with Gasteiger partial charge < -0.3 is 14.9 Å². The fourth-order valence-corrected chi connectivity index (χ4v) is 2.38. The summed E-state index contributed by atoms with van der Waals surface area (Å²) < 4.78 is 0. The van der Waals surface area contributed by atoms with Crippen LogP contribution in [0.2, 0.25) is 0 Å². The molecule has 0 spiro atoms. The minimum absolute atomic E-state index is 0.0561. The van der Waals surface area contributed by atoms with Crippen LogP contribution in [0.25, 0.3) is 0 Å². The van der Waals surface area contributed by atoms with Crippen molar-refractivity contribution in [2.75, 3.05) is 25.0 Å². The van der Waals surface area contributed by atoms with Gasteiger partial charge in [0.2, 0.25) is 0 Å². The highest BCUT2D eigenvalue weighted by atomic mass is 16.3. The molecule has 0 radical (unpaired) electrons. The Balaban J connectivity index is 2.05. The van der Waals surface area contributed by atoms with Gasteiger partial charge in [-0.15, -0.1) is 0 Å². The number of aliphatic hydroxyl groups excluding tert-OH is 1. The van der Waals surface area contributed by atoms with Crippen LogP contribution in [-0.2, 0) is 0 Å². The third-order valence-electron chi connectivity index (χ3n) is 4.04. The van der Waals surface area contributed by atoms with Crippen LogP contribution in [0.1, 0.15) is 37.0 Å². The van der Waals surface area contributed by atoms with E-state index in [4.69, 9.17) is 0 Å². The van der Waals surface area contributed by atoms with Gasteiger partial charge in [0.1, 0.15) is 0 Å². The molecule has 4 heteroatoms. The van der Waals surface area contributed by atoms with Gasteiger partial charge in [0.15, 0.2) is 0 Å². The molecule has 1 N–H and O–H groups in total. The highest BCUT2D eigenvalue weighted by Crippen LogP contribution is 2.21. The minimum Gasteiger partial charge on any atom is -0.393 e. The van der Waals surface area contributed by atoms with Crippen LogP contribution in [0.5, 0.6) is 0 Å². The molecule has 0 aromatic heterocycles. The number of amides is 1. The van der Waals surface area contributed by atoms with E-state index in [2.05, 4.69) is 4.90 Å². The van der Waals surface area contributed by atoms with Gasteiger partial charge in [-0.1, -0.05) is 0 Å². The van der Waals surface area contributed by atoms with Gasteiger partial charge in [-0.25, -0.2) is 0 Å². The Kier molecular flexibility index (Phi) is 4.65. The van der Waals surface area contributed by atoms with E-state index in [-0.39, 0.29) is 18.1 Å². The van der Waals surface area contributed by atoms with Gasteiger partial charge in [0.05, 0.1) is 6.10 Å². The molecule has 0 aliphatic carbocycles. The van der Waals surface area contributed by atoms with Crippen molar-refractivity contribution >= 4 is 11.6 Å². The Morgan fingerprint density at radius 2 is 1.80 bits per heavy atom. The Hall–Kier alpha value is -1.55. The fourth-order valence-electron chi connectivity index (χ4n) is 2.38. The largest absolute Gasteiger partial charge is 0.393 e. The highest BCUT2D eigenvalue weighted by Gasteiger charge is 2.18. The van der Waals surface area contributed by atoms with E-state index in [0.29, 0.717) is 0 Å². The number of carbonyl (C=O) groups excluding carboxylic acids is 1. The molecule has 1 fully saturated rings. The summed E-state index contributed by atoms with van der Waals surface area (Å²) in [5.41, 5.74) is 1.85. The summed E-state index contributed by atoms with van der Waals surface area (Å²) in [7, 11) is 1.83. The summed E-state index contributed by atoms with van der Waals surface area (Å²) in [5, 5.41) is 9.53. The zero-order valence-corrected chi connectivity index (χ0v) is 12.5. The van der Waals surface area contributed by atoms with Crippen LogP contribution >= 0.6 is 0 Å². The lowest BCUT2D eigenvalue weighted by Gasteiger charge is -2.31. The van der Waals surface area contributed by atoms with Crippen molar-refractivity contribution < 1.29 is 9.90 Å². The first-order chi connectivity index (χ1) is 9.49. The predicted octanol–water partition coefficient (Wildman–Crippen LogP) is 2.13. The van der Waals surface area contributed by atoms with Crippen molar-refractivity contribution in [2.24, 2.45) is 0 Å². The first-order valence-corrected chi connectivity index (χ1v) is 7.29. The standard InChI is InChI=1S/C16H24N2O2/c1-12(2)17(3)16(20)13-4-6-14(7-5-13)18-10-8-15(19)9-11-18/h4-7,12,15,19H,8-11H2,1-3H3. The van der Waals surface area contributed by atoms with Crippen molar-refractivity contribution in [3.8, 4) is 0 Å². The monoisotopic (exact) mass is 276 g/mol. The van der Waals surface area contributed by atoms with Gasteiger partial charge in [-0.3, -0.25) is 4.79 Å². The predicted molar refractivity (Wildman–Crippen MR) is 81.1 cm³/mol. The van der Waals surface area contributed by atoms with E-state index >= 15 is 0 Å². The maximum atomic E-state index is 12.2. The number of aliphatic hydroxyl groups is 1. The zero-order valence-electron chi connectivity index (χ0n) is 12.5. The Morgan fingerprint density at radius 3 is 2.30 bits per heavy atom. The molecule has 0 atom stereocenters. The van der Waals surface area contributed by atoms with Crippen LogP contribution in [0.4, 0.5) is 5.69 Å². The second kappa shape index (κ2) is 6.27. The quantitative estimate of drug-likeness (QED) is 0.919. The summed E-state index contributed by atoms with van der Waals surface area (Å²) in [6.07, 6.45) is 1.47. The summed E-state index contributed by atoms with van der Waals surface area (Å²) in [6.45, 7) is 5.76. The van der Waals surface area contributed by atoms with E-state index in [1.54, 1.807) is 4.90 Å². The molecule has 0 unspecified atom stereocenters. The average Bonchev–Trinajstić information content (AvgIpc) is 2.46. The molecule has 1 aliphatic rings. The normalized spacial score (nSPS) is 16.6. The lowest BCUT2D eigenvalue weighted by atomic mass is 10.1. The Morgan fingerprint density at radius 1 is 1.25 bits per heavy atom. The van der Waals surface area contributed by atoms with Crippen molar-refractivity contribution in [3.05, 3.63) is 29.8 Å². The van der Waals surface area contributed by atoms with Crippen molar-refractivity contribution in [1.82, 2.24) is 4.90 Å². The highest BCUT2D eigenvalue weighted by molar-refractivity contribution is 5.94. The fraction of sp³-hybridized carbons (Fsp3) is 0.562. The number of carbonyl (C=O) groups is 1. The molecular weight excluding hydrogens is 252 g/mol. The van der Waals surface area contributed by atoms with Gasteiger partial charge in [-0.05, 0) is 51.0 Å². The molecule has 1 aromatic rings. The number of hydrogen-bond acceptors (Lipinski definition) is 3. The van der Waals surface area contributed by atoms with Gasteiger partial charge in [0.25, 0.3) is 5.91 Å². The molecule has 1 amide bonds. The molecule has 1 aliphatic heterocycles. The lowest BCUT2D eigenvalue weighted by Crippen LogP contribution is -2.36. The molecular formula is C16H24N2O2. The van der Waals surface area contributed by atoms with Crippen LogP contribution in [-0.4, -0.2) is 48.2 Å². The van der Waals surface area contributed by atoms with Crippen LogP contribution in [0.15, 0.2) is 24.3 Å². The number of anilines is 1. The average molecular weight is 276 g/mol. The van der Waals surface area contributed by atoms with Gasteiger partial charge in [-0.2, -0.15) is 0 Å². The van der Waals surface area contributed by atoms with Crippen molar-refractivity contribution in [2.45, 2.75) is 38.8 Å². The van der Waals surface area contributed by atoms with Crippen molar-refractivity contribution in [1.29, 1.82) is 0 Å². The Labute approximate surface area is 121 Å². The first-order valence-electron chi connectivity index (χ1n) is 7.29. The van der Waals surface area contributed by atoms with Gasteiger partial charge >= 0.3 is 0 Å². The molecule has 2 rings (SSSR count). The Bertz CT molecular complexity index is 448. The third-order valence-corrected chi connectivity index (χ3v) is 4.04. The number of nitrogens with zero attached hydrogens (tertiary/aromatic N) is 2. The smallest absolute Gasteiger partial charge is 0.253 e. The number of piperidine rings is 1. The van der Waals surface area contributed by atoms with Crippen LogP contribution < -0.4 is 4.90 Å². The van der Waals surface area contributed by atoms with Crippen LogP contribution in [0, 0.1) is 0 Å². The van der Waals surface area contributed by atoms with Crippen LogP contribution in [0.3, 0.4) is 0 Å². The second-order valence-electron chi connectivity index (χ2n) is 5.77. The first kappa shape index (κ1) is 14.9. The zero-order chi connectivity index (χ0) is 14.7. The minimum atomic E-state index is -0.160. The number of rotatable bonds is 3. The van der Waals surface area contributed by atoms with E-state index in [9.17, 15) is 9.90 Å². The molecule has 0 bridgehead atoms. The number of hydrogen-bond donors (Lipinski definition) is 1. The summed E-state index contributed by atoms with van der Waals surface area (Å²) in [4.78, 5) is 16.2. The topological polar surface area (TPSA) is 43.8 Å². The van der Waals surface area contributed by atoms with E-state index < -0.39 is 0 Å². The SMILES string of the molecule is CC(C)N(C)C(=O)c1ccc(N2CCC(O)CC2)cc1. The molecule has 20 heavy (non-hydrogen) atoms. The summed E-state index contributed by atoms with van der Waals surface area (Å²) in [6, 6.07) is 7.98. The van der Waals surface area contributed by atoms with E-state index in [0.717, 1.165) is 37.2 Å². The molecule has 1 aromatic carbocycles. The van der Waals surface area contributed by atoms with E-state index in [1.807, 2.05) is 45.2 Å². The molecule has 110 valence electrons. The molecule has 1 heterocycles. The lowest BCUT2D eigenvalue weighted by molar-refractivity contribution is 0.0755. The maximum absolute atomic E-state index is 12.2. The van der Waals surface area contributed by atoms with Gasteiger partial charge in [0, 0.05) is 37.4 Å². The summed E-state index contributed by atoms with van der Waals surface area (Å²) in [5.74, 6) is 0.0561. The molecule has 1 saturated heterocycles. The van der Waals surface area contributed by atoms with E-state index in [1.165, 1.54) is 0 Å². The maximum Gasteiger partial charge on any atom is 0.253 e. The molecule has 0 saturated carbocycles.